The van der Waals surface area contributed by atoms with Crippen molar-refractivity contribution < 1.29 is 9.31 Å². The van der Waals surface area contributed by atoms with Gasteiger partial charge in [0.15, 0.2) is 0 Å². The fourth-order valence-electron chi connectivity index (χ4n) is 9.65. The van der Waals surface area contributed by atoms with Crippen LogP contribution in [0.25, 0.3) is 65.7 Å². The molecule has 248 valence electrons. The van der Waals surface area contributed by atoms with Gasteiger partial charge in [0, 0.05) is 0 Å². The predicted octanol–water partition coefficient (Wildman–Crippen LogP) is 11.5. The van der Waals surface area contributed by atoms with Gasteiger partial charge in [0.05, 0.1) is 16.6 Å². The van der Waals surface area contributed by atoms with Crippen LogP contribution < -0.4 is 5.46 Å². The summed E-state index contributed by atoms with van der Waals surface area (Å²) < 4.78 is 13.3. The standard InChI is InChI=1S/C49H37BO2/c1-47(2)48(3,4)52-50(51-47)45-23-13-19-38-32-14-5-6-15-33(32)40-28-30(25-27-39(40)46(38)45)31-24-26-37-36-18-9-12-22-43(36)49(44(37)29-31)41-20-10-7-16-34(41)35-17-8-11-21-42(35)49/h5-29H,1-4H3. The Bertz CT molecular complexity index is 2750. The number of fused-ring (bicyclic) bond motifs is 16. The first-order chi connectivity index (χ1) is 25.3. The SMILES string of the molecule is CC1(C)OB(c2cccc3c4ccccc4c4cc(-c5ccc6c(c5)C5(c7ccccc7-c7ccccc75)c5ccccc5-6)ccc4c23)OC1(C)C. The molecule has 2 nitrogen and oxygen atoms in total. The van der Waals surface area contributed by atoms with Crippen LogP contribution >= 0.6 is 0 Å². The van der Waals surface area contributed by atoms with Gasteiger partial charge in [-0.25, -0.2) is 0 Å². The summed E-state index contributed by atoms with van der Waals surface area (Å²) in [6, 6.07) is 56.7. The lowest BCUT2D eigenvalue weighted by molar-refractivity contribution is 0.00578. The van der Waals surface area contributed by atoms with E-state index in [9.17, 15) is 0 Å². The van der Waals surface area contributed by atoms with Gasteiger partial charge in [0.25, 0.3) is 0 Å². The van der Waals surface area contributed by atoms with E-state index in [1.807, 2.05) is 0 Å². The molecule has 3 aliphatic rings. The van der Waals surface area contributed by atoms with E-state index in [2.05, 4.69) is 179 Å². The molecule has 1 aliphatic heterocycles. The summed E-state index contributed by atoms with van der Waals surface area (Å²) >= 11 is 0. The average Bonchev–Trinajstić information content (AvgIpc) is 3.73. The smallest absolute Gasteiger partial charge is 0.399 e. The average molecular weight is 669 g/mol. The van der Waals surface area contributed by atoms with Crippen LogP contribution in [0.4, 0.5) is 0 Å². The van der Waals surface area contributed by atoms with Gasteiger partial charge in [-0.2, -0.15) is 0 Å². The van der Waals surface area contributed by atoms with Crippen LogP contribution in [0.3, 0.4) is 0 Å². The number of benzene rings is 8. The summed E-state index contributed by atoms with van der Waals surface area (Å²) in [6.45, 7) is 8.50. The first-order valence-corrected chi connectivity index (χ1v) is 18.4. The van der Waals surface area contributed by atoms with E-state index in [1.165, 1.54) is 88.0 Å². The highest BCUT2D eigenvalue weighted by atomic mass is 16.7. The summed E-state index contributed by atoms with van der Waals surface area (Å²) in [5, 5.41) is 7.36. The third-order valence-electron chi connectivity index (χ3n) is 12.7. The van der Waals surface area contributed by atoms with E-state index in [0.717, 1.165) is 5.46 Å². The maximum Gasteiger partial charge on any atom is 0.495 e. The van der Waals surface area contributed by atoms with Gasteiger partial charge in [-0.05, 0) is 133 Å². The number of hydrogen-bond donors (Lipinski definition) is 0. The molecule has 0 saturated carbocycles. The Kier molecular flexibility index (Phi) is 5.99. The van der Waals surface area contributed by atoms with Crippen LogP contribution in [0.1, 0.15) is 49.9 Å². The van der Waals surface area contributed by atoms with Gasteiger partial charge in [-0.15, -0.1) is 0 Å². The van der Waals surface area contributed by atoms with Crippen molar-refractivity contribution in [2.24, 2.45) is 0 Å². The molecule has 0 aromatic heterocycles. The van der Waals surface area contributed by atoms with Gasteiger partial charge in [0.1, 0.15) is 0 Å². The van der Waals surface area contributed by atoms with Crippen molar-refractivity contribution in [2.45, 2.75) is 44.3 Å². The number of hydrogen-bond acceptors (Lipinski definition) is 2. The molecule has 0 amide bonds. The minimum atomic E-state index is -0.454. The normalized spacial score (nSPS) is 17.1. The molecule has 0 unspecified atom stereocenters. The lowest BCUT2D eigenvalue weighted by atomic mass is 9.70. The molecule has 8 aromatic carbocycles. The Morgan fingerprint density at radius 3 is 1.46 bits per heavy atom. The molecule has 1 fully saturated rings. The first kappa shape index (κ1) is 30.2. The Hall–Kier alpha value is -5.48. The first-order valence-electron chi connectivity index (χ1n) is 18.4. The van der Waals surface area contributed by atoms with Gasteiger partial charge < -0.3 is 9.31 Å². The predicted molar refractivity (Wildman–Crippen MR) is 216 cm³/mol. The second-order valence-corrected chi connectivity index (χ2v) is 15.8. The number of rotatable bonds is 2. The molecule has 0 bridgehead atoms. The van der Waals surface area contributed by atoms with Crippen LogP contribution in [0, 0.1) is 0 Å². The van der Waals surface area contributed by atoms with Crippen molar-refractivity contribution in [2.75, 3.05) is 0 Å². The molecule has 1 saturated heterocycles. The molecule has 11 rings (SSSR count). The van der Waals surface area contributed by atoms with Crippen molar-refractivity contribution in [1.29, 1.82) is 0 Å². The largest absolute Gasteiger partial charge is 0.495 e. The summed E-state index contributed by atoms with van der Waals surface area (Å²) in [7, 11) is -0.454. The lowest BCUT2D eigenvalue weighted by Crippen LogP contribution is -2.41. The van der Waals surface area contributed by atoms with Crippen molar-refractivity contribution in [3.05, 3.63) is 174 Å². The topological polar surface area (TPSA) is 18.5 Å². The zero-order valence-electron chi connectivity index (χ0n) is 29.8. The molecule has 3 heteroatoms. The van der Waals surface area contributed by atoms with Crippen molar-refractivity contribution >= 4 is 44.9 Å². The fraction of sp³-hybridized carbons (Fsp3) is 0.143. The Labute approximate surface area is 304 Å². The van der Waals surface area contributed by atoms with Crippen LogP contribution in [-0.2, 0) is 14.7 Å². The Balaban J connectivity index is 1.16. The minimum absolute atomic E-state index is 0.368. The molecule has 1 heterocycles. The minimum Gasteiger partial charge on any atom is -0.399 e. The molecule has 0 radical (unpaired) electrons. The van der Waals surface area contributed by atoms with Crippen LogP contribution in [0.15, 0.2) is 152 Å². The summed E-state index contributed by atoms with van der Waals surface area (Å²) in [4.78, 5) is 0. The molecule has 8 aromatic rings. The fourth-order valence-corrected chi connectivity index (χ4v) is 9.65. The second-order valence-electron chi connectivity index (χ2n) is 15.8. The van der Waals surface area contributed by atoms with Crippen LogP contribution in [0.2, 0.25) is 0 Å². The summed E-state index contributed by atoms with van der Waals surface area (Å²) in [5.41, 5.74) is 13.0. The van der Waals surface area contributed by atoms with Crippen molar-refractivity contribution in [3.8, 4) is 33.4 Å². The lowest BCUT2D eigenvalue weighted by Gasteiger charge is -2.32. The van der Waals surface area contributed by atoms with Gasteiger partial charge in [0.2, 0.25) is 0 Å². The van der Waals surface area contributed by atoms with E-state index >= 15 is 0 Å². The third-order valence-corrected chi connectivity index (χ3v) is 12.7. The summed E-state index contributed by atoms with van der Waals surface area (Å²) in [5.74, 6) is 0. The Morgan fingerprint density at radius 1 is 0.385 bits per heavy atom. The molecular weight excluding hydrogens is 631 g/mol. The van der Waals surface area contributed by atoms with Crippen molar-refractivity contribution in [3.63, 3.8) is 0 Å². The molecule has 0 atom stereocenters. The van der Waals surface area contributed by atoms with E-state index in [-0.39, 0.29) is 5.41 Å². The van der Waals surface area contributed by atoms with Crippen molar-refractivity contribution in [1.82, 2.24) is 0 Å². The zero-order chi connectivity index (χ0) is 35.0. The molecule has 1 spiro atoms. The maximum atomic E-state index is 6.66. The molecule has 2 aliphatic carbocycles. The monoisotopic (exact) mass is 668 g/mol. The van der Waals surface area contributed by atoms with E-state index in [1.54, 1.807) is 0 Å². The molecule has 52 heavy (non-hydrogen) atoms. The third kappa shape index (κ3) is 3.77. The van der Waals surface area contributed by atoms with E-state index in [4.69, 9.17) is 9.31 Å². The van der Waals surface area contributed by atoms with Gasteiger partial charge in [-0.1, -0.05) is 140 Å². The van der Waals surface area contributed by atoms with Crippen LogP contribution in [0.5, 0.6) is 0 Å². The highest BCUT2D eigenvalue weighted by Crippen LogP contribution is 2.63. The molecule has 0 N–H and O–H groups in total. The van der Waals surface area contributed by atoms with Gasteiger partial charge >= 0.3 is 7.12 Å². The summed E-state index contributed by atoms with van der Waals surface area (Å²) in [6.07, 6.45) is 0. The maximum absolute atomic E-state index is 6.66. The van der Waals surface area contributed by atoms with Crippen LogP contribution in [-0.4, -0.2) is 18.3 Å². The zero-order valence-corrected chi connectivity index (χ0v) is 29.8. The molecular formula is C49H37BO2. The Morgan fingerprint density at radius 2 is 0.846 bits per heavy atom. The van der Waals surface area contributed by atoms with E-state index in [0.29, 0.717) is 0 Å². The van der Waals surface area contributed by atoms with Gasteiger partial charge in [-0.3, -0.25) is 0 Å². The highest BCUT2D eigenvalue weighted by molar-refractivity contribution is 6.66. The van der Waals surface area contributed by atoms with E-state index < -0.39 is 18.3 Å². The second kappa shape index (κ2) is 10.3. The highest BCUT2D eigenvalue weighted by Gasteiger charge is 2.53. The quantitative estimate of drug-likeness (QED) is 0.135.